The molecule has 14 heavy (non-hydrogen) atoms. The Morgan fingerprint density at radius 3 is 2.57 bits per heavy atom. The van der Waals surface area contributed by atoms with Gasteiger partial charge in [-0.05, 0) is 19.4 Å². The molecular formula is C9H21NO3S. The largest absolute Gasteiger partial charge is 0.392 e. The van der Waals surface area contributed by atoms with Gasteiger partial charge in [0, 0.05) is 12.8 Å². The first-order valence-corrected chi connectivity index (χ1v) is 7.08. The summed E-state index contributed by atoms with van der Waals surface area (Å²) in [6.07, 6.45) is 3.29. The average molecular weight is 223 g/mol. The molecule has 0 aromatic heterocycles. The van der Waals surface area contributed by atoms with E-state index >= 15 is 0 Å². The summed E-state index contributed by atoms with van der Waals surface area (Å²) in [7, 11) is -2.84. The van der Waals surface area contributed by atoms with Gasteiger partial charge in [-0.25, -0.2) is 8.42 Å². The third kappa shape index (κ3) is 9.95. The van der Waals surface area contributed by atoms with Crippen LogP contribution in [0.5, 0.6) is 0 Å². The van der Waals surface area contributed by atoms with Crippen molar-refractivity contribution >= 4 is 9.84 Å². The highest BCUT2D eigenvalue weighted by Gasteiger charge is 2.03. The lowest BCUT2D eigenvalue weighted by Crippen LogP contribution is -2.28. The summed E-state index contributed by atoms with van der Waals surface area (Å²) in [5, 5.41) is 12.4. The molecule has 0 aliphatic heterocycles. The molecule has 0 saturated heterocycles. The van der Waals surface area contributed by atoms with E-state index in [0.29, 0.717) is 19.5 Å². The Kier molecular flexibility index (Phi) is 7.13. The van der Waals surface area contributed by atoms with Crippen LogP contribution >= 0.6 is 0 Å². The first-order chi connectivity index (χ1) is 6.45. The van der Waals surface area contributed by atoms with E-state index in [-0.39, 0.29) is 11.9 Å². The van der Waals surface area contributed by atoms with Crippen molar-refractivity contribution in [3.63, 3.8) is 0 Å². The van der Waals surface area contributed by atoms with Crippen LogP contribution in [0, 0.1) is 0 Å². The van der Waals surface area contributed by atoms with Crippen LogP contribution < -0.4 is 5.32 Å². The molecule has 0 bridgehead atoms. The summed E-state index contributed by atoms with van der Waals surface area (Å²) in [5.41, 5.74) is 0. The van der Waals surface area contributed by atoms with E-state index in [1.165, 1.54) is 6.26 Å². The third-order valence-corrected chi connectivity index (χ3v) is 2.90. The van der Waals surface area contributed by atoms with Gasteiger partial charge in [-0.15, -0.1) is 0 Å². The van der Waals surface area contributed by atoms with Gasteiger partial charge in [0.15, 0.2) is 0 Å². The van der Waals surface area contributed by atoms with Gasteiger partial charge >= 0.3 is 0 Å². The van der Waals surface area contributed by atoms with Crippen molar-refractivity contribution in [3.8, 4) is 0 Å². The van der Waals surface area contributed by atoms with Crippen LogP contribution in [-0.4, -0.2) is 44.7 Å². The monoisotopic (exact) mass is 223 g/mol. The quantitative estimate of drug-likeness (QED) is 0.576. The van der Waals surface area contributed by atoms with Crippen LogP contribution in [0.2, 0.25) is 0 Å². The molecule has 0 amide bonds. The SMILES string of the molecule is CCCC(O)CNCCCS(C)(=O)=O. The smallest absolute Gasteiger partial charge is 0.147 e. The molecule has 0 aromatic rings. The van der Waals surface area contributed by atoms with Crippen molar-refractivity contribution in [2.75, 3.05) is 25.1 Å². The van der Waals surface area contributed by atoms with E-state index in [0.717, 1.165) is 12.8 Å². The van der Waals surface area contributed by atoms with Gasteiger partial charge in [-0.2, -0.15) is 0 Å². The number of hydrogen-bond acceptors (Lipinski definition) is 4. The zero-order chi connectivity index (χ0) is 11.0. The second-order valence-electron chi connectivity index (χ2n) is 3.63. The fraction of sp³-hybridized carbons (Fsp3) is 1.00. The van der Waals surface area contributed by atoms with Crippen molar-refractivity contribution < 1.29 is 13.5 Å². The second-order valence-corrected chi connectivity index (χ2v) is 5.89. The lowest BCUT2D eigenvalue weighted by molar-refractivity contribution is 0.161. The summed E-state index contributed by atoms with van der Waals surface area (Å²) in [5.74, 6) is 0.212. The molecule has 0 heterocycles. The molecule has 0 saturated carbocycles. The van der Waals surface area contributed by atoms with E-state index in [9.17, 15) is 13.5 Å². The molecule has 0 rings (SSSR count). The van der Waals surface area contributed by atoms with Gasteiger partial charge in [0.25, 0.3) is 0 Å². The molecule has 0 aliphatic rings. The molecule has 86 valence electrons. The van der Waals surface area contributed by atoms with Crippen molar-refractivity contribution in [1.82, 2.24) is 5.32 Å². The van der Waals surface area contributed by atoms with E-state index in [2.05, 4.69) is 5.32 Å². The first-order valence-electron chi connectivity index (χ1n) is 5.02. The number of aliphatic hydroxyl groups excluding tert-OH is 1. The van der Waals surface area contributed by atoms with Crippen molar-refractivity contribution in [3.05, 3.63) is 0 Å². The topological polar surface area (TPSA) is 66.4 Å². The molecule has 0 fully saturated rings. The zero-order valence-corrected chi connectivity index (χ0v) is 9.81. The maximum absolute atomic E-state index is 10.8. The highest BCUT2D eigenvalue weighted by atomic mass is 32.2. The normalized spacial score (nSPS) is 14.2. The lowest BCUT2D eigenvalue weighted by Gasteiger charge is -2.09. The molecule has 4 nitrogen and oxygen atoms in total. The Balaban J connectivity index is 3.30. The van der Waals surface area contributed by atoms with Gasteiger partial charge in [0.2, 0.25) is 0 Å². The Morgan fingerprint density at radius 1 is 1.43 bits per heavy atom. The van der Waals surface area contributed by atoms with Crippen LogP contribution in [0.15, 0.2) is 0 Å². The number of sulfone groups is 1. The minimum atomic E-state index is -2.84. The van der Waals surface area contributed by atoms with Crippen molar-refractivity contribution in [1.29, 1.82) is 0 Å². The van der Waals surface area contributed by atoms with Crippen LogP contribution in [0.25, 0.3) is 0 Å². The Bertz CT molecular complexity index is 226. The van der Waals surface area contributed by atoms with E-state index < -0.39 is 9.84 Å². The maximum atomic E-state index is 10.8. The molecule has 1 atom stereocenters. The highest BCUT2D eigenvalue weighted by molar-refractivity contribution is 7.90. The Morgan fingerprint density at radius 2 is 2.07 bits per heavy atom. The molecule has 0 radical (unpaired) electrons. The van der Waals surface area contributed by atoms with Gasteiger partial charge < -0.3 is 10.4 Å². The number of nitrogens with one attached hydrogen (secondary N) is 1. The van der Waals surface area contributed by atoms with Crippen LogP contribution in [0.3, 0.4) is 0 Å². The van der Waals surface area contributed by atoms with Crippen molar-refractivity contribution in [2.45, 2.75) is 32.3 Å². The van der Waals surface area contributed by atoms with Gasteiger partial charge in [0.1, 0.15) is 9.84 Å². The second kappa shape index (κ2) is 7.20. The van der Waals surface area contributed by atoms with Crippen molar-refractivity contribution in [2.24, 2.45) is 0 Å². The van der Waals surface area contributed by atoms with Gasteiger partial charge in [-0.3, -0.25) is 0 Å². The molecular weight excluding hydrogens is 202 g/mol. The number of aliphatic hydroxyl groups is 1. The highest BCUT2D eigenvalue weighted by Crippen LogP contribution is 1.94. The predicted octanol–water partition coefficient (Wildman–Crippen LogP) is 0.172. The summed E-state index contributed by atoms with van der Waals surface area (Å²) < 4.78 is 21.5. The minimum absolute atomic E-state index is 0.212. The average Bonchev–Trinajstić information content (AvgIpc) is 2.02. The fourth-order valence-electron chi connectivity index (χ4n) is 1.16. The molecule has 5 heteroatoms. The van der Waals surface area contributed by atoms with Crippen LogP contribution in [0.4, 0.5) is 0 Å². The number of hydrogen-bond donors (Lipinski definition) is 2. The summed E-state index contributed by atoms with van der Waals surface area (Å²) in [6, 6.07) is 0. The predicted molar refractivity (Wildman–Crippen MR) is 58.1 cm³/mol. The van der Waals surface area contributed by atoms with Gasteiger partial charge in [-0.1, -0.05) is 13.3 Å². The lowest BCUT2D eigenvalue weighted by atomic mass is 10.2. The Hall–Kier alpha value is -0.130. The molecule has 2 N–H and O–H groups in total. The Labute approximate surface area is 86.6 Å². The minimum Gasteiger partial charge on any atom is -0.392 e. The molecule has 0 aromatic carbocycles. The first kappa shape index (κ1) is 13.9. The summed E-state index contributed by atoms with van der Waals surface area (Å²) >= 11 is 0. The van der Waals surface area contributed by atoms with Crippen LogP contribution in [-0.2, 0) is 9.84 Å². The van der Waals surface area contributed by atoms with E-state index in [1.54, 1.807) is 0 Å². The van der Waals surface area contributed by atoms with Crippen LogP contribution in [0.1, 0.15) is 26.2 Å². The van der Waals surface area contributed by atoms with E-state index in [1.807, 2.05) is 6.92 Å². The zero-order valence-electron chi connectivity index (χ0n) is 8.99. The number of rotatable bonds is 8. The third-order valence-electron chi connectivity index (χ3n) is 1.87. The standard InChI is InChI=1S/C9H21NO3S/c1-3-5-9(11)8-10-6-4-7-14(2,12)13/h9-11H,3-8H2,1-2H3. The van der Waals surface area contributed by atoms with Gasteiger partial charge in [0.05, 0.1) is 11.9 Å². The molecule has 0 aliphatic carbocycles. The van der Waals surface area contributed by atoms with E-state index in [4.69, 9.17) is 0 Å². The summed E-state index contributed by atoms with van der Waals surface area (Å²) in [6.45, 7) is 3.22. The maximum Gasteiger partial charge on any atom is 0.147 e. The molecule has 1 unspecified atom stereocenters. The molecule has 0 spiro atoms. The summed E-state index contributed by atoms with van der Waals surface area (Å²) in [4.78, 5) is 0. The fourth-order valence-corrected chi connectivity index (χ4v) is 1.83.